The van der Waals surface area contributed by atoms with Gasteiger partial charge in [-0.05, 0) is 42.5 Å². The van der Waals surface area contributed by atoms with Crippen LogP contribution in [-0.4, -0.2) is 0 Å². The van der Waals surface area contributed by atoms with Crippen LogP contribution in [0.15, 0.2) is 71.8 Å². The van der Waals surface area contributed by atoms with Crippen molar-refractivity contribution < 1.29 is 25.8 Å². The number of hydrogen-bond acceptors (Lipinski definition) is 0. The van der Waals surface area contributed by atoms with Gasteiger partial charge in [0.1, 0.15) is 0 Å². The number of hydrogen-bond donors (Lipinski definition) is 0. The predicted octanol–water partition coefficient (Wildman–Crippen LogP) is 5.47. The molecule has 0 fully saturated rings. The summed E-state index contributed by atoms with van der Waals surface area (Å²) in [5.41, 5.74) is 8.33. The molecule has 1 aliphatic rings. The molecule has 1 heteroatoms. The largest absolute Gasteiger partial charge is 0.0660 e. The molecule has 0 aromatic heterocycles. The van der Waals surface area contributed by atoms with E-state index < -0.39 is 0 Å². The van der Waals surface area contributed by atoms with Gasteiger partial charge in [0.25, 0.3) is 0 Å². The number of rotatable bonds is 2. The van der Waals surface area contributed by atoms with Crippen LogP contribution in [0.5, 0.6) is 0 Å². The zero-order valence-corrected chi connectivity index (χ0v) is 15.6. The van der Waals surface area contributed by atoms with Crippen molar-refractivity contribution in [3.63, 3.8) is 0 Å². The van der Waals surface area contributed by atoms with E-state index in [9.17, 15) is 0 Å². The van der Waals surface area contributed by atoms with E-state index in [4.69, 9.17) is 0 Å². The molecule has 0 radical (unpaired) electrons. The average molecular weight is 425 g/mol. The maximum absolute atomic E-state index is 2.33. The summed E-state index contributed by atoms with van der Waals surface area (Å²) in [5.74, 6) is 0. The van der Waals surface area contributed by atoms with Crippen molar-refractivity contribution in [2.75, 3.05) is 0 Å². The van der Waals surface area contributed by atoms with Gasteiger partial charge in [-0.15, -0.1) is 0 Å². The molecule has 98 valence electrons. The summed E-state index contributed by atoms with van der Waals surface area (Å²) in [6, 6.07) is 19.3. The van der Waals surface area contributed by atoms with Gasteiger partial charge in [-0.2, -0.15) is 0 Å². The zero-order valence-electron chi connectivity index (χ0n) is 12.0. The Hall–Kier alpha value is -1.21. The van der Waals surface area contributed by atoms with Gasteiger partial charge in [0.05, 0.1) is 0 Å². The Kier molecular flexibility index (Phi) is 4.93. The molecule has 0 atom stereocenters. The van der Waals surface area contributed by atoms with E-state index in [-0.39, 0.29) is 25.8 Å². The molecule has 1 aliphatic carbocycles. The molecule has 0 unspecified atom stereocenters. The minimum absolute atomic E-state index is 0. The van der Waals surface area contributed by atoms with Crippen LogP contribution in [0.1, 0.15) is 25.8 Å². The first-order chi connectivity index (χ1) is 9.25. The normalized spacial score (nSPS) is 14.0. The van der Waals surface area contributed by atoms with Crippen LogP contribution in [-0.2, 0) is 25.8 Å². The fourth-order valence-electron chi connectivity index (χ4n) is 2.67. The van der Waals surface area contributed by atoms with Gasteiger partial charge in [0.2, 0.25) is 0 Å². The maximum Gasteiger partial charge on any atom is 0 e. The fraction of sp³-hybridized carbons (Fsp3) is 0.158. The Labute approximate surface area is 140 Å². The summed E-state index contributed by atoms with van der Waals surface area (Å²) < 4.78 is 0. The van der Waals surface area contributed by atoms with Gasteiger partial charge in [-0.3, -0.25) is 0 Å². The molecule has 0 saturated heterocycles. The number of allylic oxidation sites excluding steroid dienone is 4. The molecule has 0 amide bonds. The van der Waals surface area contributed by atoms with Crippen LogP contribution < -0.4 is 0 Å². The maximum atomic E-state index is 2.33. The third-order valence-electron chi connectivity index (χ3n) is 3.88. The van der Waals surface area contributed by atoms with Crippen molar-refractivity contribution in [1.29, 1.82) is 0 Å². The standard InChI is InChI=1S/C19H18.Hf/c1-14-12-17(13-15(14)2)19-11-7-6-10-18(19)16-8-4-3-5-9-16;/h3-12H,13H2,1-2H3;. The molecule has 3 rings (SSSR count). The molecule has 0 aliphatic heterocycles. The molecule has 0 nitrogen and oxygen atoms in total. The van der Waals surface area contributed by atoms with E-state index in [1.165, 1.54) is 33.4 Å². The van der Waals surface area contributed by atoms with Gasteiger partial charge >= 0.3 is 0 Å². The Bertz CT molecular complexity index is 663. The predicted molar refractivity (Wildman–Crippen MR) is 82.8 cm³/mol. The van der Waals surface area contributed by atoms with Crippen molar-refractivity contribution in [3.05, 3.63) is 77.4 Å². The minimum Gasteiger partial charge on any atom is -0.0660 e. The smallest absolute Gasteiger partial charge is 0 e. The van der Waals surface area contributed by atoms with E-state index in [2.05, 4.69) is 74.5 Å². The first-order valence-corrected chi connectivity index (χ1v) is 6.77. The Morgan fingerprint density at radius 1 is 0.750 bits per heavy atom. The molecular formula is C19H18Hf. The molecule has 0 saturated carbocycles. The van der Waals surface area contributed by atoms with Gasteiger partial charge < -0.3 is 0 Å². The summed E-state index contributed by atoms with van der Waals surface area (Å²) in [4.78, 5) is 0. The van der Waals surface area contributed by atoms with Crippen LogP contribution in [0.4, 0.5) is 0 Å². The van der Waals surface area contributed by atoms with E-state index in [0.29, 0.717) is 0 Å². The van der Waals surface area contributed by atoms with Gasteiger partial charge in [-0.25, -0.2) is 0 Å². The third kappa shape index (κ3) is 2.93. The van der Waals surface area contributed by atoms with Crippen LogP contribution in [0.2, 0.25) is 0 Å². The van der Waals surface area contributed by atoms with Crippen molar-refractivity contribution in [1.82, 2.24) is 0 Å². The molecule has 0 N–H and O–H groups in total. The molecule has 20 heavy (non-hydrogen) atoms. The van der Waals surface area contributed by atoms with Crippen LogP contribution in [0.3, 0.4) is 0 Å². The van der Waals surface area contributed by atoms with Crippen molar-refractivity contribution in [2.45, 2.75) is 20.3 Å². The summed E-state index contributed by atoms with van der Waals surface area (Å²) in [7, 11) is 0. The van der Waals surface area contributed by atoms with E-state index in [1.807, 2.05) is 0 Å². The monoisotopic (exact) mass is 426 g/mol. The van der Waals surface area contributed by atoms with Crippen LogP contribution >= 0.6 is 0 Å². The second-order valence-electron chi connectivity index (χ2n) is 5.22. The van der Waals surface area contributed by atoms with E-state index >= 15 is 0 Å². The topological polar surface area (TPSA) is 0 Å². The summed E-state index contributed by atoms with van der Waals surface area (Å²) in [6.07, 6.45) is 3.41. The van der Waals surface area contributed by atoms with E-state index in [1.54, 1.807) is 0 Å². The van der Waals surface area contributed by atoms with Gasteiger partial charge in [0.15, 0.2) is 0 Å². The first-order valence-electron chi connectivity index (χ1n) is 6.77. The minimum atomic E-state index is 0. The van der Waals surface area contributed by atoms with Gasteiger partial charge in [-0.1, -0.05) is 71.8 Å². The summed E-state index contributed by atoms with van der Waals surface area (Å²) in [6.45, 7) is 4.43. The Balaban J connectivity index is 0.00000147. The fourth-order valence-corrected chi connectivity index (χ4v) is 2.67. The second kappa shape index (κ2) is 6.49. The Morgan fingerprint density at radius 2 is 1.35 bits per heavy atom. The SMILES string of the molecule is CC1=C(C)CC(c2ccccc2-c2ccccc2)=C1.[Hf]. The summed E-state index contributed by atoms with van der Waals surface area (Å²) in [5, 5.41) is 0. The van der Waals surface area contributed by atoms with Crippen molar-refractivity contribution in [3.8, 4) is 11.1 Å². The molecular weight excluding hydrogens is 407 g/mol. The Morgan fingerprint density at radius 3 is 1.95 bits per heavy atom. The molecule has 0 heterocycles. The first kappa shape index (κ1) is 15.2. The molecule has 0 spiro atoms. The quantitative estimate of drug-likeness (QED) is 0.560. The van der Waals surface area contributed by atoms with Crippen LogP contribution in [0.25, 0.3) is 16.7 Å². The number of benzene rings is 2. The van der Waals surface area contributed by atoms with Crippen molar-refractivity contribution >= 4 is 5.57 Å². The summed E-state index contributed by atoms with van der Waals surface area (Å²) >= 11 is 0. The third-order valence-corrected chi connectivity index (χ3v) is 3.88. The molecule has 2 aromatic rings. The van der Waals surface area contributed by atoms with Gasteiger partial charge in [0, 0.05) is 25.8 Å². The average Bonchev–Trinajstić information content (AvgIpc) is 2.80. The van der Waals surface area contributed by atoms with E-state index in [0.717, 1.165) is 6.42 Å². The second-order valence-corrected chi connectivity index (χ2v) is 5.22. The zero-order chi connectivity index (χ0) is 13.2. The molecule has 0 bridgehead atoms. The van der Waals surface area contributed by atoms with Crippen molar-refractivity contribution in [2.24, 2.45) is 0 Å². The van der Waals surface area contributed by atoms with Crippen LogP contribution in [0, 0.1) is 0 Å². The molecule has 2 aromatic carbocycles.